The molecule has 0 radical (unpaired) electrons. The number of imidazole rings is 1. The Morgan fingerprint density at radius 1 is 1.33 bits per heavy atom. The monoisotopic (exact) mass is 392 g/mol. The first-order chi connectivity index (χ1) is 12.7. The third-order valence-electron chi connectivity index (χ3n) is 3.46. The minimum Gasteiger partial charge on any atom is -0.405 e. The number of halogens is 5. The van der Waals surface area contributed by atoms with Gasteiger partial charge >= 0.3 is 12.9 Å². The van der Waals surface area contributed by atoms with Gasteiger partial charge in [0, 0.05) is 24.5 Å². The number of para-hydroxylation sites is 1. The molecule has 0 atom stereocenters. The summed E-state index contributed by atoms with van der Waals surface area (Å²) in [5.74, 6) is -0.809. The molecule has 0 fully saturated rings. The van der Waals surface area contributed by atoms with Crippen LogP contribution in [0.2, 0.25) is 0 Å². The number of carbonyl (C=O) groups is 1. The number of hydrogen-bond donors (Lipinski definition) is 1. The summed E-state index contributed by atoms with van der Waals surface area (Å²) in [7, 11) is 1.53. The molecule has 0 aliphatic carbocycles. The minimum atomic E-state index is -4.84. The average Bonchev–Trinajstić information content (AvgIpc) is 3.00. The van der Waals surface area contributed by atoms with E-state index in [1.807, 2.05) is 0 Å². The Morgan fingerprint density at radius 3 is 2.70 bits per heavy atom. The van der Waals surface area contributed by atoms with Crippen molar-refractivity contribution in [1.82, 2.24) is 19.8 Å². The van der Waals surface area contributed by atoms with E-state index in [1.54, 1.807) is 0 Å². The van der Waals surface area contributed by atoms with E-state index in [1.165, 1.54) is 36.3 Å². The molecular weight excluding hydrogens is 375 g/mol. The molecule has 1 amide bonds. The molecule has 0 spiro atoms. The number of carbonyl (C=O) groups excluding carboxylic acids is 1. The zero-order chi connectivity index (χ0) is 20.0. The van der Waals surface area contributed by atoms with Crippen LogP contribution in [0.5, 0.6) is 5.75 Å². The van der Waals surface area contributed by atoms with Gasteiger partial charge in [-0.05, 0) is 13.1 Å². The van der Waals surface area contributed by atoms with Crippen LogP contribution in [-0.2, 0) is 17.9 Å². The highest BCUT2D eigenvalue weighted by molar-refractivity contribution is 5.78. The Labute approximate surface area is 151 Å². The molecule has 6 nitrogen and oxygen atoms in total. The maximum Gasteiger partial charge on any atom is 0.573 e. The number of amides is 1. The number of nitrogens with zero attached hydrogens (tertiary/aromatic N) is 3. The second kappa shape index (κ2) is 8.80. The highest BCUT2D eigenvalue weighted by Crippen LogP contribution is 2.26. The molecule has 0 saturated heterocycles. The predicted octanol–water partition coefficient (Wildman–Crippen LogP) is 2.93. The van der Waals surface area contributed by atoms with Crippen molar-refractivity contribution in [1.29, 1.82) is 0 Å². The fraction of sp³-hybridized carbons (Fsp3) is 0.375. The van der Waals surface area contributed by atoms with Gasteiger partial charge in [-0.3, -0.25) is 14.3 Å². The topological polar surface area (TPSA) is 59.4 Å². The van der Waals surface area contributed by atoms with E-state index in [2.05, 4.69) is 15.0 Å². The Balaban J connectivity index is 1.88. The first-order valence-corrected chi connectivity index (χ1v) is 7.74. The lowest BCUT2D eigenvalue weighted by Crippen LogP contribution is -2.35. The van der Waals surface area contributed by atoms with Crippen LogP contribution in [0.3, 0.4) is 0 Å². The van der Waals surface area contributed by atoms with Crippen molar-refractivity contribution in [3.63, 3.8) is 0 Å². The zero-order valence-electron chi connectivity index (χ0n) is 14.2. The predicted molar refractivity (Wildman–Crippen MR) is 84.8 cm³/mol. The highest BCUT2D eigenvalue weighted by atomic mass is 19.4. The summed E-state index contributed by atoms with van der Waals surface area (Å²) in [5.41, 5.74) is 0.152. The molecule has 0 saturated carbocycles. The smallest absolute Gasteiger partial charge is 0.405 e. The van der Waals surface area contributed by atoms with Gasteiger partial charge in [-0.1, -0.05) is 18.2 Å². The molecule has 1 aromatic heterocycles. The van der Waals surface area contributed by atoms with Crippen molar-refractivity contribution in [2.24, 2.45) is 0 Å². The largest absolute Gasteiger partial charge is 0.573 e. The summed E-state index contributed by atoms with van der Waals surface area (Å²) < 4.78 is 67.3. The summed E-state index contributed by atoms with van der Waals surface area (Å²) in [6, 6.07) is 5.43. The fourth-order valence-corrected chi connectivity index (χ4v) is 2.31. The normalized spacial score (nSPS) is 11.9. The summed E-state index contributed by atoms with van der Waals surface area (Å²) >= 11 is 0. The van der Waals surface area contributed by atoms with Crippen LogP contribution in [0.4, 0.5) is 22.0 Å². The number of nitrogens with one attached hydrogen (secondary N) is 1. The summed E-state index contributed by atoms with van der Waals surface area (Å²) in [4.78, 5) is 17.2. The number of hydrogen-bond acceptors (Lipinski definition) is 4. The molecule has 1 heterocycles. The van der Waals surface area contributed by atoms with Gasteiger partial charge in [0.2, 0.25) is 5.91 Å². The molecule has 2 aromatic rings. The second-order valence-electron chi connectivity index (χ2n) is 5.63. The first-order valence-electron chi connectivity index (χ1n) is 7.74. The van der Waals surface area contributed by atoms with Crippen molar-refractivity contribution < 1.29 is 31.5 Å². The van der Waals surface area contributed by atoms with Crippen LogP contribution < -0.4 is 10.1 Å². The zero-order valence-corrected chi connectivity index (χ0v) is 14.2. The van der Waals surface area contributed by atoms with Gasteiger partial charge in [-0.2, -0.15) is 8.78 Å². The van der Waals surface area contributed by atoms with E-state index >= 15 is 0 Å². The number of benzene rings is 1. The highest BCUT2D eigenvalue weighted by Gasteiger charge is 2.32. The lowest BCUT2D eigenvalue weighted by atomic mass is 10.2. The minimum absolute atomic E-state index is 0.00146. The third kappa shape index (κ3) is 6.51. The summed E-state index contributed by atoms with van der Waals surface area (Å²) in [5, 5.41) is 2.47. The lowest BCUT2D eigenvalue weighted by Gasteiger charge is -2.17. The SMILES string of the molecule is CN(CC(=O)NCc1ccccc1OC(F)(F)F)Cc1nccn1C(F)F. The Morgan fingerprint density at radius 2 is 2.04 bits per heavy atom. The third-order valence-corrected chi connectivity index (χ3v) is 3.46. The van der Waals surface area contributed by atoms with E-state index in [0.29, 0.717) is 4.57 Å². The van der Waals surface area contributed by atoms with Gasteiger partial charge < -0.3 is 10.1 Å². The van der Waals surface area contributed by atoms with E-state index in [4.69, 9.17) is 0 Å². The van der Waals surface area contributed by atoms with Crippen molar-refractivity contribution in [3.05, 3.63) is 48.0 Å². The molecule has 0 aliphatic rings. The van der Waals surface area contributed by atoms with Gasteiger partial charge in [0.25, 0.3) is 0 Å². The van der Waals surface area contributed by atoms with Crippen LogP contribution in [0.15, 0.2) is 36.7 Å². The van der Waals surface area contributed by atoms with E-state index < -0.39 is 24.6 Å². The van der Waals surface area contributed by atoms with Gasteiger partial charge in [0.15, 0.2) is 0 Å². The summed E-state index contributed by atoms with van der Waals surface area (Å²) in [6.45, 7) is -3.07. The van der Waals surface area contributed by atoms with E-state index in [-0.39, 0.29) is 31.0 Å². The molecule has 1 N–H and O–H groups in total. The maximum atomic E-state index is 12.8. The molecule has 2 rings (SSSR count). The Hall–Kier alpha value is -2.69. The maximum absolute atomic E-state index is 12.8. The van der Waals surface area contributed by atoms with Crippen LogP contribution in [-0.4, -0.2) is 40.3 Å². The van der Waals surface area contributed by atoms with E-state index in [9.17, 15) is 26.7 Å². The van der Waals surface area contributed by atoms with Gasteiger partial charge in [-0.25, -0.2) is 4.98 Å². The number of likely N-dealkylation sites (N-methyl/N-ethyl adjacent to an activating group) is 1. The Bertz CT molecular complexity index is 763. The van der Waals surface area contributed by atoms with Crippen molar-refractivity contribution in [2.75, 3.05) is 13.6 Å². The number of rotatable bonds is 8. The lowest BCUT2D eigenvalue weighted by molar-refractivity contribution is -0.274. The first kappa shape index (κ1) is 20.6. The quantitative estimate of drug-likeness (QED) is 0.702. The fourth-order valence-electron chi connectivity index (χ4n) is 2.31. The van der Waals surface area contributed by atoms with Gasteiger partial charge in [-0.15, -0.1) is 13.2 Å². The van der Waals surface area contributed by atoms with Crippen molar-refractivity contribution in [2.45, 2.75) is 26.0 Å². The molecule has 27 heavy (non-hydrogen) atoms. The van der Waals surface area contributed by atoms with Crippen molar-refractivity contribution >= 4 is 5.91 Å². The molecule has 1 aromatic carbocycles. The molecular formula is C16H17F5N4O2. The van der Waals surface area contributed by atoms with Crippen LogP contribution in [0.25, 0.3) is 0 Å². The molecule has 0 aliphatic heterocycles. The number of ether oxygens (including phenoxy) is 1. The van der Waals surface area contributed by atoms with Crippen LogP contribution >= 0.6 is 0 Å². The average molecular weight is 392 g/mol. The van der Waals surface area contributed by atoms with Crippen molar-refractivity contribution in [3.8, 4) is 5.75 Å². The molecule has 0 bridgehead atoms. The number of aromatic nitrogens is 2. The van der Waals surface area contributed by atoms with Crippen LogP contribution in [0, 0.1) is 0 Å². The summed E-state index contributed by atoms with van der Waals surface area (Å²) in [6.07, 6.45) is -2.48. The Kier molecular flexibility index (Phi) is 6.72. The number of alkyl halides is 5. The molecule has 148 valence electrons. The molecule has 0 unspecified atom stereocenters. The van der Waals surface area contributed by atoms with Gasteiger partial charge in [0.05, 0.1) is 13.1 Å². The molecule has 11 heteroatoms. The standard InChI is InChI=1S/C16H17F5N4O2/c1-24(9-13-22-6-7-25(13)15(17)18)10-14(26)23-8-11-4-2-3-5-12(11)27-16(19,20)21/h2-7,15H,8-10H2,1H3,(H,23,26). The second-order valence-corrected chi connectivity index (χ2v) is 5.63. The van der Waals surface area contributed by atoms with Gasteiger partial charge in [0.1, 0.15) is 11.6 Å². The van der Waals surface area contributed by atoms with E-state index in [0.717, 1.165) is 12.3 Å². The van der Waals surface area contributed by atoms with Crippen LogP contribution in [0.1, 0.15) is 17.9 Å².